The number of nitrogens with zero attached hydrogens (tertiary/aromatic N) is 3. The number of nitriles is 1. The summed E-state index contributed by atoms with van der Waals surface area (Å²) in [5.41, 5.74) is 10.6. The molecule has 1 heterocycles. The van der Waals surface area contributed by atoms with E-state index < -0.39 is 0 Å². The molecule has 59 heavy (non-hydrogen) atoms. The molecule has 0 saturated carbocycles. The molecule has 11 aromatic rings. The van der Waals surface area contributed by atoms with E-state index >= 15 is 0 Å². The maximum absolute atomic E-state index is 9.54. The molecule has 0 aliphatic heterocycles. The van der Waals surface area contributed by atoms with Crippen LogP contribution in [0.25, 0.3) is 87.4 Å². The Morgan fingerprint density at radius 1 is 0.373 bits per heavy atom. The van der Waals surface area contributed by atoms with Crippen LogP contribution in [-0.2, 0) is 0 Å². The summed E-state index contributed by atoms with van der Waals surface area (Å²) in [4.78, 5) is 6.79. The predicted molar refractivity (Wildman–Crippen MR) is 247 cm³/mol. The molecular weight excluding hydrogens is 715 g/mol. The maximum Gasteiger partial charge on any atom is 0.0991 e. The van der Waals surface area contributed by atoms with Crippen molar-refractivity contribution < 1.29 is 0 Å². The molecule has 0 fully saturated rings. The highest BCUT2D eigenvalue weighted by Gasteiger charge is 2.19. The quantitative estimate of drug-likeness (QED) is 0.126. The van der Waals surface area contributed by atoms with Crippen molar-refractivity contribution >= 4 is 70.9 Å². The topological polar surface area (TPSA) is 39.9 Å². The second-order valence-electron chi connectivity index (χ2n) is 15.0. The maximum atomic E-state index is 9.54. The van der Waals surface area contributed by atoms with Crippen LogP contribution < -0.4 is 4.90 Å². The van der Waals surface area contributed by atoms with E-state index in [9.17, 15) is 5.26 Å². The van der Waals surface area contributed by atoms with Gasteiger partial charge in [-0.3, -0.25) is 4.98 Å². The Morgan fingerprint density at radius 2 is 0.915 bits per heavy atom. The van der Waals surface area contributed by atoms with Gasteiger partial charge in [0, 0.05) is 28.8 Å². The van der Waals surface area contributed by atoms with Crippen LogP contribution >= 0.6 is 0 Å². The highest BCUT2D eigenvalue weighted by Crippen LogP contribution is 2.46. The summed E-state index contributed by atoms with van der Waals surface area (Å²) in [5.74, 6) is 0. The number of hydrogen-bond acceptors (Lipinski definition) is 3. The molecular formula is C56H35N3. The highest BCUT2D eigenvalue weighted by atomic mass is 15.1. The smallest absolute Gasteiger partial charge is 0.0991 e. The Labute approximate surface area is 342 Å². The van der Waals surface area contributed by atoms with Crippen LogP contribution in [-0.4, -0.2) is 4.98 Å². The van der Waals surface area contributed by atoms with Gasteiger partial charge in [-0.2, -0.15) is 5.26 Å². The van der Waals surface area contributed by atoms with Crippen LogP contribution in [0.2, 0.25) is 0 Å². The molecule has 0 amide bonds. The molecule has 274 valence electrons. The minimum Gasteiger partial charge on any atom is -0.310 e. The van der Waals surface area contributed by atoms with Crippen LogP contribution in [0.15, 0.2) is 212 Å². The van der Waals surface area contributed by atoms with Gasteiger partial charge in [0.1, 0.15) is 0 Å². The highest BCUT2D eigenvalue weighted by molar-refractivity contribution is 6.24. The van der Waals surface area contributed by atoms with Gasteiger partial charge in [0.25, 0.3) is 0 Å². The van der Waals surface area contributed by atoms with E-state index in [1.165, 1.54) is 70.7 Å². The molecule has 11 rings (SSSR count). The van der Waals surface area contributed by atoms with E-state index in [0.717, 1.165) is 33.7 Å². The zero-order chi connectivity index (χ0) is 39.3. The van der Waals surface area contributed by atoms with E-state index in [4.69, 9.17) is 0 Å². The van der Waals surface area contributed by atoms with Crippen LogP contribution in [0, 0.1) is 11.3 Å². The lowest BCUT2D eigenvalue weighted by atomic mass is 9.84. The van der Waals surface area contributed by atoms with Crippen molar-refractivity contribution in [2.45, 2.75) is 0 Å². The fraction of sp³-hybridized carbons (Fsp3) is 0. The average molecular weight is 750 g/mol. The first kappa shape index (κ1) is 34.2. The lowest BCUT2D eigenvalue weighted by Gasteiger charge is -2.26. The summed E-state index contributed by atoms with van der Waals surface area (Å²) in [5, 5.41) is 21.8. The molecule has 0 spiro atoms. The molecule has 1 aromatic heterocycles. The second-order valence-corrected chi connectivity index (χ2v) is 15.0. The van der Waals surface area contributed by atoms with Crippen molar-refractivity contribution in [2.75, 3.05) is 4.90 Å². The molecule has 0 saturated heterocycles. The van der Waals surface area contributed by atoms with E-state index in [-0.39, 0.29) is 0 Å². The molecule has 0 atom stereocenters. The van der Waals surface area contributed by atoms with Crippen molar-refractivity contribution in [1.82, 2.24) is 4.98 Å². The Kier molecular flexibility index (Phi) is 8.20. The van der Waals surface area contributed by atoms with Crippen LogP contribution in [0.5, 0.6) is 0 Å². The van der Waals surface area contributed by atoms with Gasteiger partial charge in [0.2, 0.25) is 0 Å². The van der Waals surface area contributed by atoms with Gasteiger partial charge in [-0.25, -0.2) is 0 Å². The van der Waals surface area contributed by atoms with Crippen molar-refractivity contribution in [3.05, 3.63) is 218 Å². The third-order valence-corrected chi connectivity index (χ3v) is 11.7. The van der Waals surface area contributed by atoms with Gasteiger partial charge >= 0.3 is 0 Å². The van der Waals surface area contributed by atoms with E-state index in [1.807, 2.05) is 48.7 Å². The monoisotopic (exact) mass is 749 g/mol. The number of fused-ring (bicyclic) bond motifs is 6. The van der Waals surface area contributed by atoms with Crippen molar-refractivity contribution in [1.29, 1.82) is 5.26 Å². The largest absolute Gasteiger partial charge is 0.310 e. The summed E-state index contributed by atoms with van der Waals surface area (Å²) in [6.45, 7) is 0. The predicted octanol–water partition coefficient (Wildman–Crippen LogP) is 15.2. The Balaban J connectivity index is 1.04. The molecule has 0 unspecified atom stereocenters. The summed E-state index contributed by atoms with van der Waals surface area (Å²) in [6.07, 6.45) is 1.82. The van der Waals surface area contributed by atoms with Crippen molar-refractivity contribution in [3.63, 3.8) is 0 Å². The zero-order valence-corrected chi connectivity index (χ0v) is 32.0. The third kappa shape index (κ3) is 5.86. The van der Waals surface area contributed by atoms with Crippen molar-refractivity contribution in [2.24, 2.45) is 0 Å². The minimum atomic E-state index is 0.630. The lowest BCUT2D eigenvalue weighted by molar-refractivity contribution is 1.28. The molecule has 0 bridgehead atoms. The lowest BCUT2D eigenvalue weighted by Crippen LogP contribution is -2.10. The number of benzene rings is 10. The number of aromatic nitrogens is 1. The number of anilines is 3. The Bertz CT molecular complexity index is 3370. The fourth-order valence-corrected chi connectivity index (χ4v) is 8.97. The second kappa shape index (κ2) is 14.2. The number of pyridine rings is 1. The molecule has 3 heteroatoms. The SMILES string of the molecule is N#Cc1ccc(N(c2ccc(-c3ccccn3)cc2)c2ccc3c(ccc4cc(-c5c6ccccc6c(-c6cccc7ccccc67)c6ccccc56)ccc43)c2)cc1. The summed E-state index contributed by atoms with van der Waals surface area (Å²) >= 11 is 0. The minimum absolute atomic E-state index is 0.630. The third-order valence-electron chi connectivity index (χ3n) is 11.7. The first-order valence-corrected chi connectivity index (χ1v) is 19.9. The van der Waals surface area contributed by atoms with Crippen LogP contribution in [0.1, 0.15) is 5.56 Å². The van der Waals surface area contributed by atoms with Crippen molar-refractivity contribution in [3.8, 4) is 39.6 Å². The molecule has 0 aliphatic carbocycles. The van der Waals surface area contributed by atoms with Gasteiger partial charge < -0.3 is 4.90 Å². The normalized spacial score (nSPS) is 11.4. The van der Waals surface area contributed by atoms with Crippen LogP contribution in [0.4, 0.5) is 17.1 Å². The number of rotatable bonds is 6. The van der Waals surface area contributed by atoms with E-state index in [1.54, 1.807) is 0 Å². The Hall–Kier alpha value is -8.06. The van der Waals surface area contributed by atoms with Gasteiger partial charge in [-0.1, -0.05) is 140 Å². The van der Waals surface area contributed by atoms with Crippen LogP contribution in [0.3, 0.4) is 0 Å². The van der Waals surface area contributed by atoms with Gasteiger partial charge in [0.05, 0.1) is 17.3 Å². The molecule has 0 radical (unpaired) electrons. The number of hydrogen-bond donors (Lipinski definition) is 0. The first-order chi connectivity index (χ1) is 29.2. The van der Waals surface area contributed by atoms with Gasteiger partial charge in [-0.15, -0.1) is 0 Å². The molecule has 10 aromatic carbocycles. The van der Waals surface area contributed by atoms with E-state index in [2.05, 4.69) is 180 Å². The molecule has 3 nitrogen and oxygen atoms in total. The summed E-state index contributed by atoms with van der Waals surface area (Å²) in [7, 11) is 0. The molecule has 0 N–H and O–H groups in total. The first-order valence-electron chi connectivity index (χ1n) is 19.9. The van der Waals surface area contributed by atoms with Gasteiger partial charge in [0.15, 0.2) is 0 Å². The summed E-state index contributed by atoms with van der Waals surface area (Å²) in [6, 6.07) is 75.8. The summed E-state index contributed by atoms with van der Waals surface area (Å²) < 4.78 is 0. The zero-order valence-electron chi connectivity index (χ0n) is 32.0. The standard InChI is InChI=1S/C56H35N3/c57-36-37-19-26-43(27-20-37)59(44-28-23-39(24-29-44)54-18-7-8-33-58-54)45-30-32-48-41(35-45)22-21-40-34-42(25-31-47(40)48)55-50-13-3-5-15-52(50)56(53-16-6-4-14-51(53)55)49-17-9-11-38-10-1-2-12-46(38)49/h1-35H. The van der Waals surface area contributed by atoms with E-state index in [0.29, 0.717) is 5.56 Å². The average Bonchev–Trinajstić information content (AvgIpc) is 3.31. The fourth-order valence-electron chi connectivity index (χ4n) is 8.97. The Morgan fingerprint density at radius 3 is 1.58 bits per heavy atom. The molecule has 0 aliphatic rings. The van der Waals surface area contributed by atoms with Gasteiger partial charge in [-0.05, 0) is 143 Å².